The molecule has 1 N–H and O–H groups in total. The summed E-state index contributed by atoms with van der Waals surface area (Å²) in [5.41, 5.74) is 0.253. The van der Waals surface area contributed by atoms with Gasteiger partial charge in [-0.1, -0.05) is 13.3 Å². The highest BCUT2D eigenvalue weighted by atomic mass is 32.2. The zero-order valence-corrected chi connectivity index (χ0v) is 12.3. The van der Waals surface area contributed by atoms with Crippen LogP contribution in [0.15, 0.2) is 0 Å². The van der Waals surface area contributed by atoms with Gasteiger partial charge < -0.3 is 10.2 Å². The van der Waals surface area contributed by atoms with Gasteiger partial charge in [-0.3, -0.25) is 0 Å². The van der Waals surface area contributed by atoms with Gasteiger partial charge in [0.1, 0.15) is 0 Å². The molecule has 5 heteroatoms. The molecule has 1 atom stereocenters. The second-order valence-corrected chi connectivity index (χ2v) is 8.15. The average molecular weight is 274 g/mol. The molecule has 2 saturated heterocycles. The van der Waals surface area contributed by atoms with E-state index in [-0.39, 0.29) is 5.54 Å². The van der Waals surface area contributed by atoms with Crippen LogP contribution in [0, 0.1) is 0 Å². The second-order valence-electron chi connectivity index (χ2n) is 5.84. The van der Waals surface area contributed by atoms with Crippen LogP contribution in [0.5, 0.6) is 0 Å². The molecule has 0 spiro atoms. The first-order valence-corrected chi connectivity index (χ1v) is 9.05. The molecule has 0 saturated carbocycles. The third kappa shape index (κ3) is 3.68. The summed E-state index contributed by atoms with van der Waals surface area (Å²) in [5, 5.41) is 3.67. The Bertz CT molecular complexity index is 361. The van der Waals surface area contributed by atoms with E-state index in [1.807, 2.05) is 0 Å². The lowest BCUT2D eigenvalue weighted by Crippen LogP contribution is -2.50. The maximum atomic E-state index is 11.6. The monoisotopic (exact) mass is 274 g/mol. The SMILES string of the molecule is CCCC1(CN2CCCS(=O)(=O)CC2)CCCN1. The summed E-state index contributed by atoms with van der Waals surface area (Å²) >= 11 is 0. The highest BCUT2D eigenvalue weighted by Crippen LogP contribution is 2.26. The maximum Gasteiger partial charge on any atom is 0.151 e. The lowest BCUT2D eigenvalue weighted by molar-refractivity contribution is 0.193. The molecule has 0 aromatic rings. The van der Waals surface area contributed by atoms with E-state index >= 15 is 0 Å². The van der Waals surface area contributed by atoms with Crippen molar-refractivity contribution in [2.24, 2.45) is 0 Å². The molecule has 4 nitrogen and oxygen atoms in total. The third-order valence-corrected chi connectivity index (χ3v) is 5.95. The van der Waals surface area contributed by atoms with Crippen molar-refractivity contribution in [1.29, 1.82) is 0 Å². The van der Waals surface area contributed by atoms with Gasteiger partial charge in [-0.25, -0.2) is 8.42 Å². The van der Waals surface area contributed by atoms with Gasteiger partial charge in [0.2, 0.25) is 0 Å². The van der Waals surface area contributed by atoms with E-state index in [4.69, 9.17) is 0 Å². The topological polar surface area (TPSA) is 49.4 Å². The molecule has 2 rings (SSSR count). The van der Waals surface area contributed by atoms with Crippen molar-refractivity contribution in [1.82, 2.24) is 10.2 Å². The minimum Gasteiger partial charge on any atom is -0.310 e. The maximum absolute atomic E-state index is 11.6. The van der Waals surface area contributed by atoms with E-state index in [0.29, 0.717) is 11.5 Å². The molecule has 0 aromatic carbocycles. The zero-order chi connectivity index (χ0) is 13.1. The van der Waals surface area contributed by atoms with Crippen molar-refractivity contribution in [3.8, 4) is 0 Å². The van der Waals surface area contributed by atoms with Gasteiger partial charge >= 0.3 is 0 Å². The largest absolute Gasteiger partial charge is 0.310 e. The van der Waals surface area contributed by atoms with Crippen molar-refractivity contribution in [2.45, 2.75) is 44.6 Å². The van der Waals surface area contributed by atoms with Gasteiger partial charge in [0.25, 0.3) is 0 Å². The molecule has 2 aliphatic heterocycles. The summed E-state index contributed by atoms with van der Waals surface area (Å²) in [6, 6.07) is 0. The van der Waals surface area contributed by atoms with Crippen molar-refractivity contribution in [3.05, 3.63) is 0 Å². The summed E-state index contributed by atoms with van der Waals surface area (Å²) in [6.45, 7) is 6.03. The fourth-order valence-electron chi connectivity index (χ4n) is 3.35. The van der Waals surface area contributed by atoms with Gasteiger partial charge in [0, 0.05) is 18.6 Å². The summed E-state index contributed by atoms with van der Waals surface area (Å²) < 4.78 is 23.2. The highest BCUT2D eigenvalue weighted by Gasteiger charge is 2.34. The molecular formula is C13H26N2O2S. The lowest BCUT2D eigenvalue weighted by Gasteiger charge is -2.35. The van der Waals surface area contributed by atoms with Crippen LogP contribution in [0.4, 0.5) is 0 Å². The quantitative estimate of drug-likeness (QED) is 0.832. The van der Waals surface area contributed by atoms with Crippen LogP contribution in [0.1, 0.15) is 39.0 Å². The van der Waals surface area contributed by atoms with Crippen LogP contribution in [-0.4, -0.2) is 56.5 Å². The molecule has 2 heterocycles. The fourth-order valence-corrected chi connectivity index (χ4v) is 4.66. The Balaban J connectivity index is 1.95. The van der Waals surface area contributed by atoms with Gasteiger partial charge in [0.05, 0.1) is 11.5 Å². The first kappa shape index (κ1) is 14.3. The van der Waals surface area contributed by atoms with Crippen LogP contribution in [0.25, 0.3) is 0 Å². The predicted molar refractivity (Wildman–Crippen MR) is 74.6 cm³/mol. The Morgan fingerprint density at radius 3 is 2.72 bits per heavy atom. The smallest absolute Gasteiger partial charge is 0.151 e. The second kappa shape index (κ2) is 5.88. The Morgan fingerprint density at radius 2 is 2.06 bits per heavy atom. The van der Waals surface area contributed by atoms with Crippen molar-refractivity contribution in [2.75, 3.05) is 37.7 Å². The molecular weight excluding hydrogens is 248 g/mol. The number of hydrogen-bond acceptors (Lipinski definition) is 4. The van der Waals surface area contributed by atoms with E-state index in [1.165, 1.54) is 25.7 Å². The zero-order valence-electron chi connectivity index (χ0n) is 11.5. The van der Waals surface area contributed by atoms with Crippen LogP contribution in [-0.2, 0) is 9.84 Å². The highest BCUT2D eigenvalue weighted by molar-refractivity contribution is 7.91. The molecule has 0 aliphatic carbocycles. The molecule has 0 amide bonds. The first-order chi connectivity index (χ1) is 8.55. The summed E-state index contributed by atoms with van der Waals surface area (Å²) in [5.74, 6) is 0.715. The van der Waals surface area contributed by atoms with Crippen molar-refractivity contribution < 1.29 is 8.42 Å². The molecule has 2 aliphatic rings. The molecule has 0 radical (unpaired) electrons. The molecule has 1 unspecified atom stereocenters. The van der Waals surface area contributed by atoms with Gasteiger partial charge in [-0.15, -0.1) is 0 Å². The number of nitrogens with one attached hydrogen (secondary N) is 1. The normalized spacial score (nSPS) is 33.4. The predicted octanol–water partition coefficient (Wildman–Crippen LogP) is 1.03. The summed E-state index contributed by atoms with van der Waals surface area (Å²) in [4.78, 5) is 2.36. The summed E-state index contributed by atoms with van der Waals surface area (Å²) in [6.07, 6.45) is 5.69. The Labute approximate surface area is 111 Å². The minimum atomic E-state index is -2.78. The Hall–Kier alpha value is -0.130. The first-order valence-electron chi connectivity index (χ1n) is 7.23. The van der Waals surface area contributed by atoms with Crippen LogP contribution >= 0.6 is 0 Å². The molecule has 106 valence electrons. The molecule has 18 heavy (non-hydrogen) atoms. The van der Waals surface area contributed by atoms with E-state index < -0.39 is 9.84 Å². The third-order valence-electron chi connectivity index (χ3n) is 4.24. The van der Waals surface area contributed by atoms with Crippen LogP contribution in [0.3, 0.4) is 0 Å². The lowest BCUT2D eigenvalue weighted by atomic mass is 9.91. The van der Waals surface area contributed by atoms with E-state index in [0.717, 1.165) is 32.6 Å². The van der Waals surface area contributed by atoms with Crippen LogP contribution < -0.4 is 5.32 Å². The van der Waals surface area contributed by atoms with Gasteiger partial charge in [0.15, 0.2) is 9.84 Å². The molecule has 2 fully saturated rings. The van der Waals surface area contributed by atoms with E-state index in [9.17, 15) is 8.42 Å². The Kier molecular flexibility index (Phi) is 4.67. The number of sulfone groups is 1. The number of rotatable bonds is 4. The average Bonchev–Trinajstić information content (AvgIpc) is 2.68. The van der Waals surface area contributed by atoms with Crippen LogP contribution in [0.2, 0.25) is 0 Å². The van der Waals surface area contributed by atoms with Gasteiger partial charge in [-0.2, -0.15) is 0 Å². The van der Waals surface area contributed by atoms with E-state index in [2.05, 4.69) is 17.1 Å². The molecule has 0 aromatic heterocycles. The molecule has 0 bridgehead atoms. The minimum absolute atomic E-state index is 0.253. The van der Waals surface area contributed by atoms with Crippen molar-refractivity contribution in [3.63, 3.8) is 0 Å². The van der Waals surface area contributed by atoms with E-state index in [1.54, 1.807) is 0 Å². The standard InChI is InChI=1S/C13H26N2O2S/c1-2-5-13(6-3-7-14-13)12-15-8-4-10-18(16,17)11-9-15/h14H,2-12H2,1H3. The number of nitrogens with zero attached hydrogens (tertiary/aromatic N) is 1. The van der Waals surface area contributed by atoms with Crippen molar-refractivity contribution >= 4 is 9.84 Å². The number of hydrogen-bond donors (Lipinski definition) is 1. The fraction of sp³-hybridized carbons (Fsp3) is 1.00. The Morgan fingerprint density at radius 1 is 1.22 bits per heavy atom. The van der Waals surface area contributed by atoms with Gasteiger partial charge in [-0.05, 0) is 38.8 Å². The summed E-state index contributed by atoms with van der Waals surface area (Å²) in [7, 11) is -2.78.